The molecule has 0 aromatic heterocycles. The lowest BCUT2D eigenvalue weighted by molar-refractivity contribution is -0.150. The van der Waals surface area contributed by atoms with Crippen LogP contribution in [0.2, 0.25) is 5.02 Å². The number of esters is 1. The van der Waals surface area contributed by atoms with E-state index in [4.69, 9.17) is 16.3 Å². The van der Waals surface area contributed by atoms with Gasteiger partial charge in [-0.3, -0.25) is 14.5 Å². The molecule has 5 nitrogen and oxygen atoms in total. The molecule has 1 atom stereocenters. The van der Waals surface area contributed by atoms with Crippen LogP contribution in [0.25, 0.3) is 0 Å². The monoisotopic (exact) mass is 338 g/mol. The van der Waals surface area contributed by atoms with Crippen molar-refractivity contribution in [2.45, 2.75) is 26.3 Å². The van der Waals surface area contributed by atoms with Crippen LogP contribution >= 0.6 is 11.6 Å². The van der Waals surface area contributed by atoms with Crippen LogP contribution in [-0.4, -0.2) is 43.0 Å². The number of halogens is 1. The maximum absolute atomic E-state index is 12.1. The van der Waals surface area contributed by atoms with E-state index < -0.39 is 0 Å². The van der Waals surface area contributed by atoms with Gasteiger partial charge in [0, 0.05) is 18.1 Å². The van der Waals surface area contributed by atoms with Gasteiger partial charge >= 0.3 is 5.97 Å². The smallest absolute Gasteiger partial charge is 0.310 e. The summed E-state index contributed by atoms with van der Waals surface area (Å²) in [6.07, 6.45) is 1.73. The summed E-state index contributed by atoms with van der Waals surface area (Å²) < 4.78 is 5.07. The number of nitrogens with one attached hydrogen (secondary N) is 1. The van der Waals surface area contributed by atoms with Crippen LogP contribution in [-0.2, 0) is 20.9 Å². The number of benzene rings is 1. The number of hydrogen-bond donors (Lipinski definition) is 1. The first-order valence-electron chi connectivity index (χ1n) is 7.99. The molecule has 1 aromatic rings. The standard InChI is InChI=1S/C17H23ClN2O3/c1-2-23-17(22)14-7-5-9-20(11-14)12-16(21)19-10-13-6-3-4-8-15(13)18/h3-4,6,8,14H,2,5,7,9-12H2,1H3,(H,19,21)/t14-/m0/s1. The summed E-state index contributed by atoms with van der Waals surface area (Å²) in [7, 11) is 0. The summed E-state index contributed by atoms with van der Waals surface area (Å²) >= 11 is 6.07. The molecule has 1 heterocycles. The second kappa shape index (κ2) is 8.89. The number of likely N-dealkylation sites (tertiary alicyclic amines) is 1. The topological polar surface area (TPSA) is 58.6 Å². The summed E-state index contributed by atoms with van der Waals surface area (Å²) in [6, 6.07) is 7.44. The molecule has 126 valence electrons. The van der Waals surface area contributed by atoms with Crippen molar-refractivity contribution in [1.82, 2.24) is 10.2 Å². The van der Waals surface area contributed by atoms with Crippen LogP contribution in [0.15, 0.2) is 24.3 Å². The van der Waals surface area contributed by atoms with Gasteiger partial charge in [0.05, 0.1) is 19.1 Å². The number of ether oxygens (including phenoxy) is 1. The van der Waals surface area contributed by atoms with Crippen LogP contribution in [0.3, 0.4) is 0 Å². The molecular formula is C17H23ClN2O3. The van der Waals surface area contributed by atoms with Crippen molar-refractivity contribution in [3.63, 3.8) is 0 Å². The molecule has 1 aliphatic rings. The molecule has 1 amide bonds. The van der Waals surface area contributed by atoms with Gasteiger partial charge in [0.1, 0.15) is 0 Å². The molecule has 0 unspecified atom stereocenters. The zero-order valence-electron chi connectivity index (χ0n) is 13.4. The van der Waals surface area contributed by atoms with E-state index in [1.807, 2.05) is 23.1 Å². The number of rotatable bonds is 6. The van der Waals surface area contributed by atoms with Gasteiger partial charge in [0.25, 0.3) is 0 Å². The van der Waals surface area contributed by atoms with Crippen LogP contribution in [0, 0.1) is 5.92 Å². The lowest BCUT2D eigenvalue weighted by atomic mass is 9.98. The summed E-state index contributed by atoms with van der Waals surface area (Å²) in [4.78, 5) is 25.9. The average molecular weight is 339 g/mol. The van der Waals surface area contributed by atoms with E-state index in [9.17, 15) is 9.59 Å². The third kappa shape index (κ3) is 5.52. The fourth-order valence-electron chi connectivity index (χ4n) is 2.75. The first kappa shape index (κ1) is 17.8. The molecule has 0 radical (unpaired) electrons. The van der Waals surface area contributed by atoms with Crippen molar-refractivity contribution in [2.24, 2.45) is 5.92 Å². The van der Waals surface area contributed by atoms with Gasteiger partial charge < -0.3 is 10.1 Å². The quantitative estimate of drug-likeness (QED) is 0.808. The minimum absolute atomic E-state index is 0.0607. The Morgan fingerprint density at radius 1 is 1.39 bits per heavy atom. The van der Waals surface area contributed by atoms with E-state index in [2.05, 4.69) is 5.32 Å². The first-order valence-corrected chi connectivity index (χ1v) is 8.37. The van der Waals surface area contributed by atoms with Gasteiger partial charge in [-0.1, -0.05) is 29.8 Å². The second-order valence-corrected chi connectivity index (χ2v) is 6.10. The van der Waals surface area contributed by atoms with Crippen molar-refractivity contribution >= 4 is 23.5 Å². The van der Waals surface area contributed by atoms with Gasteiger partial charge in [-0.2, -0.15) is 0 Å². The van der Waals surface area contributed by atoms with E-state index in [1.165, 1.54) is 0 Å². The Labute approximate surface area is 141 Å². The number of amides is 1. The SMILES string of the molecule is CCOC(=O)[C@H]1CCCN(CC(=O)NCc2ccccc2Cl)C1. The predicted molar refractivity (Wildman–Crippen MR) is 89.1 cm³/mol. The molecule has 1 saturated heterocycles. The van der Waals surface area contributed by atoms with E-state index >= 15 is 0 Å². The van der Waals surface area contributed by atoms with Crippen molar-refractivity contribution in [3.8, 4) is 0 Å². The van der Waals surface area contributed by atoms with Crippen molar-refractivity contribution in [2.75, 3.05) is 26.2 Å². The molecular weight excluding hydrogens is 316 g/mol. The lowest BCUT2D eigenvalue weighted by Gasteiger charge is -2.30. The molecule has 1 N–H and O–H groups in total. The Morgan fingerprint density at radius 3 is 2.91 bits per heavy atom. The Kier molecular flexibility index (Phi) is 6.86. The van der Waals surface area contributed by atoms with Gasteiger partial charge in [0.2, 0.25) is 5.91 Å². The highest BCUT2D eigenvalue weighted by Crippen LogP contribution is 2.18. The summed E-state index contributed by atoms with van der Waals surface area (Å²) in [5.74, 6) is -0.344. The number of carbonyl (C=O) groups excluding carboxylic acids is 2. The third-order valence-corrected chi connectivity index (χ3v) is 4.30. The second-order valence-electron chi connectivity index (χ2n) is 5.69. The summed E-state index contributed by atoms with van der Waals surface area (Å²) in [5, 5.41) is 3.52. The highest BCUT2D eigenvalue weighted by atomic mass is 35.5. The van der Waals surface area contributed by atoms with Gasteiger partial charge in [-0.15, -0.1) is 0 Å². The van der Waals surface area contributed by atoms with Crippen LogP contribution in [0.5, 0.6) is 0 Å². The van der Waals surface area contributed by atoms with Crippen LogP contribution in [0.1, 0.15) is 25.3 Å². The number of carbonyl (C=O) groups is 2. The highest BCUT2D eigenvalue weighted by molar-refractivity contribution is 6.31. The molecule has 23 heavy (non-hydrogen) atoms. The largest absolute Gasteiger partial charge is 0.466 e. The Morgan fingerprint density at radius 2 is 2.17 bits per heavy atom. The minimum atomic E-state index is -0.159. The van der Waals surface area contributed by atoms with E-state index in [-0.39, 0.29) is 17.8 Å². The molecule has 0 saturated carbocycles. The van der Waals surface area contributed by atoms with Gasteiger partial charge in [-0.05, 0) is 37.9 Å². The zero-order chi connectivity index (χ0) is 16.7. The Balaban J connectivity index is 1.78. The molecule has 0 aliphatic carbocycles. The molecule has 1 aromatic carbocycles. The molecule has 1 aliphatic heterocycles. The fourth-order valence-corrected chi connectivity index (χ4v) is 2.95. The molecule has 0 spiro atoms. The van der Waals surface area contributed by atoms with Crippen molar-refractivity contribution in [1.29, 1.82) is 0 Å². The maximum atomic E-state index is 12.1. The number of piperidine rings is 1. The number of nitrogens with zero attached hydrogens (tertiary/aromatic N) is 1. The first-order chi connectivity index (χ1) is 11.1. The van der Waals surface area contributed by atoms with E-state index in [0.717, 1.165) is 24.9 Å². The van der Waals surface area contributed by atoms with Gasteiger partial charge in [0.15, 0.2) is 0 Å². The van der Waals surface area contributed by atoms with E-state index in [1.54, 1.807) is 13.0 Å². The highest BCUT2D eigenvalue weighted by Gasteiger charge is 2.27. The Bertz CT molecular complexity index is 550. The molecule has 6 heteroatoms. The maximum Gasteiger partial charge on any atom is 0.310 e. The average Bonchev–Trinajstić information content (AvgIpc) is 2.54. The number of hydrogen-bond acceptors (Lipinski definition) is 4. The van der Waals surface area contributed by atoms with Crippen molar-refractivity contribution < 1.29 is 14.3 Å². The Hall–Kier alpha value is -1.59. The zero-order valence-corrected chi connectivity index (χ0v) is 14.1. The molecule has 1 fully saturated rings. The molecule has 0 bridgehead atoms. The summed E-state index contributed by atoms with van der Waals surface area (Å²) in [6.45, 7) is 4.32. The molecule has 2 rings (SSSR count). The van der Waals surface area contributed by atoms with Crippen LogP contribution in [0.4, 0.5) is 0 Å². The van der Waals surface area contributed by atoms with Gasteiger partial charge in [-0.25, -0.2) is 0 Å². The van der Waals surface area contributed by atoms with Crippen LogP contribution < -0.4 is 5.32 Å². The fraction of sp³-hybridized carbons (Fsp3) is 0.529. The third-order valence-electron chi connectivity index (χ3n) is 3.93. The lowest BCUT2D eigenvalue weighted by Crippen LogP contribution is -2.44. The minimum Gasteiger partial charge on any atom is -0.466 e. The summed E-state index contributed by atoms with van der Waals surface area (Å²) in [5.41, 5.74) is 0.894. The predicted octanol–water partition coefficient (Wildman–Crippen LogP) is 2.23. The van der Waals surface area contributed by atoms with Crippen molar-refractivity contribution in [3.05, 3.63) is 34.9 Å². The van der Waals surface area contributed by atoms with E-state index in [0.29, 0.717) is 31.3 Å². The normalized spacial score (nSPS) is 18.4.